The average Bonchev–Trinajstić information content (AvgIpc) is 3.57. The number of para-hydroxylation sites is 2. The molecule has 45 heavy (non-hydrogen) atoms. The van der Waals surface area contributed by atoms with Gasteiger partial charge in [0.1, 0.15) is 0 Å². The van der Waals surface area contributed by atoms with E-state index in [4.69, 9.17) is 0 Å². The largest absolute Gasteiger partial charge is 0.310 e. The summed E-state index contributed by atoms with van der Waals surface area (Å²) in [6.45, 7) is 0. The van der Waals surface area contributed by atoms with Crippen LogP contribution in [0.4, 0.5) is 17.1 Å². The second kappa shape index (κ2) is 9.43. The van der Waals surface area contributed by atoms with Crippen molar-refractivity contribution in [1.82, 2.24) is 4.57 Å². The number of benzene rings is 7. The highest BCUT2D eigenvalue weighted by Crippen LogP contribution is 2.46. The van der Waals surface area contributed by atoms with E-state index in [1.54, 1.807) is 0 Å². The normalized spacial score (nSPS) is 12.4. The van der Waals surface area contributed by atoms with E-state index in [0.717, 1.165) is 17.1 Å². The van der Waals surface area contributed by atoms with Gasteiger partial charge in [-0.3, -0.25) is 0 Å². The summed E-state index contributed by atoms with van der Waals surface area (Å²) in [6.07, 6.45) is 4.68. The lowest BCUT2D eigenvalue weighted by Gasteiger charge is -2.26. The molecule has 10 rings (SSSR count). The van der Waals surface area contributed by atoms with E-state index in [1.165, 1.54) is 69.6 Å². The van der Waals surface area contributed by atoms with Gasteiger partial charge in [-0.15, -0.1) is 11.3 Å². The molecule has 0 bridgehead atoms. The van der Waals surface area contributed by atoms with Gasteiger partial charge in [-0.25, -0.2) is 0 Å². The Labute approximate surface area is 264 Å². The molecule has 0 radical (unpaired) electrons. The minimum atomic E-state index is 1.13. The first-order valence-corrected chi connectivity index (χ1v) is 16.2. The van der Waals surface area contributed by atoms with Crippen molar-refractivity contribution in [3.63, 3.8) is 0 Å². The molecule has 0 amide bonds. The third kappa shape index (κ3) is 3.62. The van der Waals surface area contributed by atoms with E-state index < -0.39 is 0 Å². The standard InChI is InChI=1S/C42H26N2S/c1-2-12-30(13-3-1)43(31-20-18-27-10-4-5-11-28(27)24-31)32-21-23-37-29(25-32)19-22-35-41-34-15-7-9-17-39(34)45-40(41)26-36-33-14-6-8-16-38(33)44(37)42(35)36/h1-26H. The van der Waals surface area contributed by atoms with Crippen molar-refractivity contribution in [1.29, 1.82) is 0 Å². The van der Waals surface area contributed by atoms with Crippen molar-refractivity contribution >= 4 is 93.3 Å². The van der Waals surface area contributed by atoms with Crippen LogP contribution in [0.15, 0.2) is 146 Å². The van der Waals surface area contributed by atoms with E-state index >= 15 is 0 Å². The number of thiophene rings is 1. The van der Waals surface area contributed by atoms with E-state index in [1.807, 2.05) is 11.3 Å². The number of hydrogen-bond donors (Lipinski definition) is 0. The minimum absolute atomic E-state index is 1.13. The second-order valence-electron chi connectivity index (χ2n) is 11.8. The SMILES string of the molecule is C1=Cc2c3c(cc4c5ccccc5n(c24)-c2ccc(N(c4ccccc4)c4ccc5ccccc5c4)cc21)sc1ccccc13. The fraction of sp³-hybridized carbons (Fsp3) is 0. The topological polar surface area (TPSA) is 8.17 Å². The number of hydrogen-bond acceptors (Lipinski definition) is 2. The number of aromatic nitrogens is 1. The zero-order valence-corrected chi connectivity index (χ0v) is 25.1. The molecule has 2 nitrogen and oxygen atoms in total. The summed E-state index contributed by atoms with van der Waals surface area (Å²) in [4.78, 5) is 2.37. The number of nitrogens with zero attached hydrogens (tertiary/aromatic N) is 2. The van der Waals surface area contributed by atoms with Crippen LogP contribution in [-0.4, -0.2) is 4.57 Å². The first-order valence-electron chi connectivity index (χ1n) is 15.4. The second-order valence-corrected chi connectivity index (χ2v) is 12.9. The van der Waals surface area contributed by atoms with Crippen molar-refractivity contribution in [3.8, 4) is 5.69 Å². The number of fused-ring (bicyclic) bond motifs is 10. The molecular weight excluding hydrogens is 565 g/mol. The molecule has 1 aliphatic heterocycles. The summed E-state index contributed by atoms with van der Waals surface area (Å²) in [5, 5.41) is 7.75. The van der Waals surface area contributed by atoms with Gasteiger partial charge in [0.15, 0.2) is 0 Å². The van der Waals surface area contributed by atoms with Gasteiger partial charge in [0, 0.05) is 59.1 Å². The Morgan fingerprint density at radius 1 is 0.489 bits per heavy atom. The lowest BCUT2D eigenvalue weighted by atomic mass is 10.0. The summed E-state index contributed by atoms with van der Waals surface area (Å²) < 4.78 is 5.16. The van der Waals surface area contributed by atoms with Crippen LogP contribution in [0.25, 0.3) is 70.6 Å². The van der Waals surface area contributed by atoms with Gasteiger partial charge >= 0.3 is 0 Å². The molecular formula is C42H26N2S. The van der Waals surface area contributed by atoms with E-state index in [2.05, 4.69) is 167 Å². The van der Waals surface area contributed by atoms with Crippen LogP contribution in [0.5, 0.6) is 0 Å². The van der Waals surface area contributed by atoms with Crippen LogP contribution in [0.1, 0.15) is 11.1 Å². The van der Waals surface area contributed by atoms with Gasteiger partial charge in [-0.2, -0.15) is 0 Å². The first-order chi connectivity index (χ1) is 22.3. The Kier molecular flexibility index (Phi) is 5.19. The molecule has 210 valence electrons. The Hall–Kier alpha value is -5.64. The van der Waals surface area contributed by atoms with Gasteiger partial charge in [-0.05, 0) is 71.4 Å². The first kappa shape index (κ1) is 24.8. The molecule has 1 aliphatic rings. The molecule has 0 atom stereocenters. The Morgan fingerprint density at radius 3 is 2.13 bits per heavy atom. The Morgan fingerprint density at radius 2 is 1.22 bits per heavy atom. The van der Waals surface area contributed by atoms with Gasteiger partial charge in [0.2, 0.25) is 0 Å². The van der Waals surface area contributed by atoms with Crippen LogP contribution in [0, 0.1) is 0 Å². The molecule has 3 heterocycles. The highest BCUT2D eigenvalue weighted by Gasteiger charge is 2.23. The lowest BCUT2D eigenvalue weighted by Crippen LogP contribution is -2.10. The zero-order chi connectivity index (χ0) is 29.5. The fourth-order valence-electron chi connectivity index (χ4n) is 7.31. The molecule has 0 fully saturated rings. The number of anilines is 3. The summed E-state index contributed by atoms with van der Waals surface area (Å²) in [5.74, 6) is 0. The van der Waals surface area contributed by atoms with Crippen molar-refractivity contribution < 1.29 is 0 Å². The van der Waals surface area contributed by atoms with Crippen LogP contribution in [-0.2, 0) is 0 Å². The summed E-state index contributed by atoms with van der Waals surface area (Å²) in [5.41, 5.74) is 9.61. The van der Waals surface area contributed by atoms with Crippen LogP contribution in [0.3, 0.4) is 0 Å². The molecule has 2 aromatic heterocycles. The summed E-state index contributed by atoms with van der Waals surface area (Å²) in [7, 11) is 0. The van der Waals surface area contributed by atoms with Gasteiger partial charge in [-0.1, -0.05) is 97.1 Å². The molecule has 0 spiro atoms. The maximum atomic E-state index is 2.49. The van der Waals surface area contributed by atoms with E-state index in [9.17, 15) is 0 Å². The van der Waals surface area contributed by atoms with Crippen LogP contribution < -0.4 is 4.90 Å². The predicted molar refractivity (Wildman–Crippen MR) is 195 cm³/mol. The quantitative estimate of drug-likeness (QED) is 0.199. The molecule has 0 N–H and O–H groups in total. The molecule has 0 unspecified atom stereocenters. The summed E-state index contributed by atoms with van der Waals surface area (Å²) in [6, 6.07) is 53.0. The highest BCUT2D eigenvalue weighted by atomic mass is 32.1. The molecule has 0 saturated carbocycles. The average molecular weight is 591 g/mol. The third-order valence-corrected chi connectivity index (χ3v) is 10.4. The van der Waals surface area contributed by atoms with Gasteiger partial charge in [0.25, 0.3) is 0 Å². The van der Waals surface area contributed by atoms with Crippen molar-refractivity contribution in [2.45, 2.75) is 0 Å². The fourth-order valence-corrected chi connectivity index (χ4v) is 8.48. The maximum Gasteiger partial charge on any atom is 0.0620 e. The Balaban J connectivity index is 1.25. The van der Waals surface area contributed by atoms with Crippen LogP contribution >= 0.6 is 11.3 Å². The predicted octanol–water partition coefficient (Wildman–Crippen LogP) is 12.3. The maximum absolute atomic E-state index is 2.49. The highest BCUT2D eigenvalue weighted by molar-refractivity contribution is 7.26. The zero-order valence-electron chi connectivity index (χ0n) is 24.3. The van der Waals surface area contributed by atoms with Gasteiger partial charge < -0.3 is 9.47 Å². The molecule has 9 aromatic rings. The smallest absolute Gasteiger partial charge is 0.0620 e. The monoisotopic (exact) mass is 590 g/mol. The van der Waals surface area contributed by atoms with E-state index in [0.29, 0.717) is 0 Å². The minimum Gasteiger partial charge on any atom is -0.310 e. The van der Waals surface area contributed by atoms with E-state index in [-0.39, 0.29) is 0 Å². The molecule has 3 heteroatoms. The lowest BCUT2D eigenvalue weighted by molar-refractivity contribution is 1.17. The van der Waals surface area contributed by atoms with Gasteiger partial charge in [0.05, 0.1) is 16.7 Å². The van der Waals surface area contributed by atoms with Crippen molar-refractivity contribution in [2.75, 3.05) is 4.90 Å². The van der Waals surface area contributed by atoms with Crippen LogP contribution in [0.2, 0.25) is 0 Å². The van der Waals surface area contributed by atoms with Crippen molar-refractivity contribution in [3.05, 3.63) is 157 Å². The molecule has 0 aliphatic carbocycles. The molecule has 0 saturated heterocycles. The van der Waals surface area contributed by atoms with Crippen molar-refractivity contribution in [2.24, 2.45) is 0 Å². The summed E-state index contributed by atoms with van der Waals surface area (Å²) >= 11 is 1.89. The Bertz CT molecular complexity index is 2660. The third-order valence-electron chi connectivity index (χ3n) is 9.28. The molecule has 7 aromatic carbocycles. The number of rotatable bonds is 3.